The van der Waals surface area contributed by atoms with E-state index in [0.29, 0.717) is 17.1 Å². The Morgan fingerprint density at radius 3 is 2.58 bits per heavy atom. The van der Waals surface area contributed by atoms with Gasteiger partial charge in [0.05, 0.1) is 12.7 Å². The standard InChI is InChI=1S/C15H14N2O2/c1-11(12-6-8-17-9-7-12)19-15-13(10-16)4-3-5-14(15)18-2/h3-9,11H,1-2H3. The molecule has 1 aromatic carbocycles. The molecule has 4 heteroatoms. The molecule has 1 atom stereocenters. The summed E-state index contributed by atoms with van der Waals surface area (Å²) in [6, 6.07) is 11.1. The Bertz CT molecular complexity index is 591. The lowest BCUT2D eigenvalue weighted by Crippen LogP contribution is -2.05. The van der Waals surface area contributed by atoms with Gasteiger partial charge in [-0.3, -0.25) is 4.98 Å². The normalized spacial score (nSPS) is 11.4. The molecule has 1 heterocycles. The molecule has 0 aliphatic carbocycles. The number of methoxy groups -OCH3 is 1. The van der Waals surface area contributed by atoms with Gasteiger partial charge in [0.15, 0.2) is 11.5 Å². The molecule has 2 aromatic rings. The smallest absolute Gasteiger partial charge is 0.179 e. The molecule has 4 nitrogen and oxygen atoms in total. The van der Waals surface area contributed by atoms with Gasteiger partial charge in [0.25, 0.3) is 0 Å². The third-order valence-corrected chi connectivity index (χ3v) is 2.79. The molecule has 0 bridgehead atoms. The Kier molecular flexibility index (Phi) is 3.99. The fourth-order valence-electron chi connectivity index (χ4n) is 1.77. The number of nitriles is 1. The van der Waals surface area contributed by atoms with E-state index in [0.717, 1.165) is 5.56 Å². The SMILES string of the molecule is COc1cccc(C#N)c1OC(C)c1ccncc1. The molecule has 0 aliphatic rings. The van der Waals surface area contributed by atoms with Crippen LogP contribution in [-0.4, -0.2) is 12.1 Å². The minimum Gasteiger partial charge on any atom is -0.493 e. The third kappa shape index (κ3) is 2.83. The molecule has 1 unspecified atom stereocenters. The van der Waals surface area contributed by atoms with Gasteiger partial charge < -0.3 is 9.47 Å². The summed E-state index contributed by atoms with van der Waals surface area (Å²) in [4.78, 5) is 3.97. The highest BCUT2D eigenvalue weighted by Crippen LogP contribution is 2.34. The van der Waals surface area contributed by atoms with Crippen LogP contribution in [0.1, 0.15) is 24.2 Å². The molecule has 96 valence electrons. The van der Waals surface area contributed by atoms with Crippen LogP contribution in [-0.2, 0) is 0 Å². The molecule has 0 spiro atoms. The van der Waals surface area contributed by atoms with E-state index >= 15 is 0 Å². The monoisotopic (exact) mass is 254 g/mol. The van der Waals surface area contributed by atoms with E-state index in [2.05, 4.69) is 11.1 Å². The van der Waals surface area contributed by atoms with Gasteiger partial charge in [-0.05, 0) is 36.8 Å². The number of benzene rings is 1. The molecule has 0 N–H and O–H groups in total. The first-order valence-electron chi connectivity index (χ1n) is 5.90. The van der Waals surface area contributed by atoms with Crippen molar-refractivity contribution < 1.29 is 9.47 Å². The molecule has 0 aliphatic heterocycles. The number of pyridine rings is 1. The molecule has 0 fully saturated rings. The highest BCUT2D eigenvalue weighted by molar-refractivity contribution is 5.52. The maximum atomic E-state index is 9.13. The van der Waals surface area contributed by atoms with Crippen LogP contribution in [0.4, 0.5) is 0 Å². The fraction of sp³-hybridized carbons (Fsp3) is 0.200. The Balaban J connectivity index is 2.31. The maximum Gasteiger partial charge on any atom is 0.179 e. The molecule has 0 saturated carbocycles. The van der Waals surface area contributed by atoms with E-state index in [1.165, 1.54) is 0 Å². The van der Waals surface area contributed by atoms with E-state index in [4.69, 9.17) is 14.7 Å². The van der Waals surface area contributed by atoms with Gasteiger partial charge in [-0.1, -0.05) is 6.07 Å². The van der Waals surface area contributed by atoms with Crippen LogP contribution >= 0.6 is 0 Å². The summed E-state index contributed by atoms with van der Waals surface area (Å²) < 4.78 is 11.1. The Morgan fingerprint density at radius 2 is 1.95 bits per heavy atom. The minimum atomic E-state index is -0.189. The Morgan fingerprint density at radius 1 is 1.21 bits per heavy atom. The zero-order valence-corrected chi connectivity index (χ0v) is 10.8. The van der Waals surface area contributed by atoms with Gasteiger partial charge in [0.2, 0.25) is 0 Å². The van der Waals surface area contributed by atoms with Crippen molar-refractivity contribution in [3.05, 3.63) is 53.9 Å². The van der Waals surface area contributed by atoms with Crippen molar-refractivity contribution in [3.8, 4) is 17.6 Å². The molecule has 0 saturated heterocycles. The number of nitrogens with zero attached hydrogens (tertiary/aromatic N) is 2. The van der Waals surface area contributed by atoms with Crippen LogP contribution < -0.4 is 9.47 Å². The van der Waals surface area contributed by atoms with Crippen molar-refractivity contribution in [2.24, 2.45) is 0 Å². The van der Waals surface area contributed by atoms with Gasteiger partial charge in [-0.25, -0.2) is 0 Å². The van der Waals surface area contributed by atoms with Crippen molar-refractivity contribution >= 4 is 0 Å². The summed E-state index contributed by atoms with van der Waals surface area (Å²) in [7, 11) is 1.56. The summed E-state index contributed by atoms with van der Waals surface area (Å²) in [6.07, 6.45) is 3.23. The summed E-state index contributed by atoms with van der Waals surface area (Å²) in [5, 5.41) is 9.13. The molecular weight excluding hydrogens is 240 g/mol. The average Bonchev–Trinajstić information content (AvgIpc) is 2.48. The predicted octanol–water partition coefficient (Wildman–Crippen LogP) is 3.10. The summed E-state index contributed by atoms with van der Waals surface area (Å²) in [5.74, 6) is 1.02. The second kappa shape index (κ2) is 5.87. The molecule has 19 heavy (non-hydrogen) atoms. The lowest BCUT2D eigenvalue weighted by atomic mass is 10.1. The van der Waals surface area contributed by atoms with E-state index < -0.39 is 0 Å². The molecule has 0 radical (unpaired) electrons. The highest BCUT2D eigenvalue weighted by Gasteiger charge is 2.14. The molecular formula is C15H14N2O2. The second-order valence-electron chi connectivity index (χ2n) is 3.99. The van der Waals surface area contributed by atoms with Crippen molar-refractivity contribution in [1.29, 1.82) is 5.26 Å². The third-order valence-electron chi connectivity index (χ3n) is 2.79. The van der Waals surface area contributed by atoms with Crippen molar-refractivity contribution in [1.82, 2.24) is 4.98 Å². The molecule has 2 rings (SSSR count). The van der Waals surface area contributed by atoms with Gasteiger partial charge in [-0.2, -0.15) is 5.26 Å². The molecule has 1 aromatic heterocycles. The van der Waals surface area contributed by atoms with E-state index in [-0.39, 0.29) is 6.10 Å². The zero-order valence-electron chi connectivity index (χ0n) is 10.8. The highest BCUT2D eigenvalue weighted by atomic mass is 16.5. The van der Waals surface area contributed by atoms with Crippen LogP contribution in [0.25, 0.3) is 0 Å². The second-order valence-corrected chi connectivity index (χ2v) is 3.99. The first kappa shape index (κ1) is 12.9. The van der Waals surface area contributed by atoms with Crippen LogP contribution in [0.2, 0.25) is 0 Å². The maximum absolute atomic E-state index is 9.13. The number of hydrogen-bond acceptors (Lipinski definition) is 4. The van der Waals surface area contributed by atoms with Crippen molar-refractivity contribution in [2.75, 3.05) is 7.11 Å². The van der Waals surface area contributed by atoms with Crippen LogP contribution in [0.15, 0.2) is 42.7 Å². The van der Waals surface area contributed by atoms with E-state index in [9.17, 15) is 0 Å². The van der Waals surface area contributed by atoms with Crippen LogP contribution in [0.5, 0.6) is 11.5 Å². The zero-order chi connectivity index (χ0) is 13.7. The lowest BCUT2D eigenvalue weighted by Gasteiger charge is -2.17. The van der Waals surface area contributed by atoms with Gasteiger partial charge in [0, 0.05) is 12.4 Å². The first-order chi connectivity index (χ1) is 9.26. The van der Waals surface area contributed by atoms with E-state index in [1.54, 1.807) is 37.7 Å². The van der Waals surface area contributed by atoms with Gasteiger partial charge in [0.1, 0.15) is 12.2 Å². The van der Waals surface area contributed by atoms with Crippen molar-refractivity contribution in [2.45, 2.75) is 13.0 Å². The Hall–Kier alpha value is -2.54. The predicted molar refractivity (Wildman–Crippen MR) is 71.0 cm³/mol. The van der Waals surface area contributed by atoms with Crippen molar-refractivity contribution in [3.63, 3.8) is 0 Å². The molecule has 0 amide bonds. The Labute approximate surface area is 112 Å². The number of para-hydroxylation sites is 1. The number of rotatable bonds is 4. The summed E-state index contributed by atoms with van der Waals surface area (Å²) in [6.45, 7) is 1.92. The summed E-state index contributed by atoms with van der Waals surface area (Å²) >= 11 is 0. The topological polar surface area (TPSA) is 55.1 Å². The number of ether oxygens (including phenoxy) is 2. The number of hydrogen-bond donors (Lipinski definition) is 0. The van der Waals surface area contributed by atoms with Gasteiger partial charge >= 0.3 is 0 Å². The van der Waals surface area contributed by atoms with Crippen LogP contribution in [0.3, 0.4) is 0 Å². The quantitative estimate of drug-likeness (QED) is 0.841. The first-order valence-corrected chi connectivity index (χ1v) is 5.90. The van der Waals surface area contributed by atoms with E-state index in [1.807, 2.05) is 19.1 Å². The number of aromatic nitrogens is 1. The van der Waals surface area contributed by atoms with Gasteiger partial charge in [-0.15, -0.1) is 0 Å². The summed E-state index contributed by atoms with van der Waals surface area (Å²) in [5.41, 5.74) is 1.45. The van der Waals surface area contributed by atoms with Crippen LogP contribution in [0, 0.1) is 11.3 Å². The lowest BCUT2D eigenvalue weighted by molar-refractivity contribution is 0.215. The minimum absolute atomic E-state index is 0.189. The average molecular weight is 254 g/mol. The fourth-order valence-corrected chi connectivity index (χ4v) is 1.77. The largest absolute Gasteiger partial charge is 0.493 e.